The van der Waals surface area contributed by atoms with Crippen LogP contribution in [0.1, 0.15) is 65.4 Å². The maximum Gasteiger partial charge on any atom is 0.0646 e. The first-order valence-corrected chi connectivity index (χ1v) is 12.8. The molecule has 0 amide bonds. The molecule has 2 aliphatic carbocycles. The minimum absolute atomic E-state index is 0. The topological polar surface area (TPSA) is 53.4 Å². The fraction of sp³-hybridized carbons (Fsp3) is 0.516. The maximum absolute atomic E-state index is 10.7. The van der Waals surface area contributed by atoms with E-state index in [4.69, 9.17) is 0 Å². The number of hydrogen-bond acceptors (Lipinski definition) is 3. The van der Waals surface area contributed by atoms with Gasteiger partial charge in [0.05, 0.1) is 17.7 Å². The van der Waals surface area contributed by atoms with Crippen molar-refractivity contribution in [1.29, 1.82) is 0 Å². The minimum atomic E-state index is -0.357. The number of nitrogens with zero attached hydrogens (tertiary/aromatic N) is 1. The number of aryl methyl sites for hydroxylation is 1. The van der Waals surface area contributed by atoms with Crippen molar-refractivity contribution in [2.24, 2.45) is 22.7 Å². The first kappa shape index (κ1) is 28.0. The Bertz CT molecular complexity index is 1110. The number of fused-ring (bicyclic) bond motifs is 2. The summed E-state index contributed by atoms with van der Waals surface area (Å²) in [6, 6.07) is 21.6. The van der Waals surface area contributed by atoms with Gasteiger partial charge < -0.3 is 10.2 Å². The standard InChI is InChI=1S/C16H12N.C15H28O2.Ir/c1-12-7-8-14-9-10-15(17-16(14)11-12)13-5-3-2-4-6-13;1-14(2)8-5-6-10-7-9-15(3,4)13(17)11(10)12(14)16;/h2-5,7-11H,1H3;10-13,16-17H,5-9H2,1-4H3;/q-1;;. The van der Waals surface area contributed by atoms with Crippen LogP contribution in [0.3, 0.4) is 0 Å². The summed E-state index contributed by atoms with van der Waals surface area (Å²) >= 11 is 0. The zero-order chi connectivity index (χ0) is 24.5. The second-order valence-corrected chi connectivity index (χ2v) is 11.8. The Morgan fingerprint density at radius 1 is 0.886 bits per heavy atom. The molecule has 4 unspecified atom stereocenters. The van der Waals surface area contributed by atoms with Crippen LogP contribution in [0, 0.1) is 35.7 Å². The van der Waals surface area contributed by atoms with Gasteiger partial charge in [-0.25, -0.2) is 0 Å². The Morgan fingerprint density at radius 2 is 1.57 bits per heavy atom. The first-order chi connectivity index (χ1) is 16.1. The summed E-state index contributed by atoms with van der Waals surface area (Å²) in [6.45, 7) is 10.7. The van der Waals surface area contributed by atoms with Crippen LogP contribution in [0.4, 0.5) is 0 Å². The molecule has 2 aromatic carbocycles. The van der Waals surface area contributed by atoms with Crippen LogP contribution in [0.25, 0.3) is 22.2 Å². The molecule has 4 heteroatoms. The molecule has 2 saturated carbocycles. The van der Waals surface area contributed by atoms with E-state index in [9.17, 15) is 10.2 Å². The Kier molecular flexibility index (Phi) is 8.97. The Morgan fingerprint density at radius 3 is 2.26 bits per heavy atom. The maximum atomic E-state index is 10.7. The summed E-state index contributed by atoms with van der Waals surface area (Å²) in [5.41, 5.74) is 4.20. The van der Waals surface area contributed by atoms with Crippen LogP contribution in [0.15, 0.2) is 54.6 Å². The monoisotopic (exact) mass is 651 g/mol. The number of pyridine rings is 1. The zero-order valence-electron chi connectivity index (χ0n) is 21.7. The summed E-state index contributed by atoms with van der Waals surface area (Å²) in [4.78, 5) is 4.68. The average molecular weight is 651 g/mol. The molecule has 1 radical (unpaired) electrons. The Balaban J connectivity index is 0.000000190. The molecule has 2 fully saturated rings. The summed E-state index contributed by atoms with van der Waals surface area (Å²) in [5, 5.41) is 22.4. The van der Waals surface area contributed by atoms with E-state index in [1.165, 1.54) is 30.2 Å². The van der Waals surface area contributed by atoms with Crippen LogP contribution in [0.5, 0.6) is 0 Å². The van der Waals surface area contributed by atoms with Crippen molar-refractivity contribution in [1.82, 2.24) is 4.98 Å². The van der Waals surface area contributed by atoms with E-state index < -0.39 is 0 Å². The van der Waals surface area contributed by atoms with E-state index in [2.05, 4.69) is 69.9 Å². The number of hydrogen-bond donors (Lipinski definition) is 2. The van der Waals surface area contributed by atoms with Gasteiger partial charge in [0.2, 0.25) is 0 Å². The van der Waals surface area contributed by atoms with Crippen molar-refractivity contribution in [3.63, 3.8) is 0 Å². The van der Waals surface area contributed by atoms with Crippen molar-refractivity contribution < 1.29 is 30.3 Å². The molecule has 3 aromatic rings. The van der Waals surface area contributed by atoms with Crippen molar-refractivity contribution in [3.05, 3.63) is 66.2 Å². The van der Waals surface area contributed by atoms with Crippen LogP contribution in [-0.4, -0.2) is 27.4 Å². The minimum Gasteiger partial charge on any atom is -0.392 e. The number of rotatable bonds is 1. The molecule has 1 heterocycles. The molecule has 0 saturated heterocycles. The van der Waals surface area contributed by atoms with Gasteiger partial charge in [0.1, 0.15) is 0 Å². The van der Waals surface area contributed by atoms with E-state index in [1.807, 2.05) is 30.3 Å². The van der Waals surface area contributed by atoms with Gasteiger partial charge >= 0.3 is 0 Å². The smallest absolute Gasteiger partial charge is 0.0646 e. The molecule has 1 aromatic heterocycles. The summed E-state index contributed by atoms with van der Waals surface area (Å²) < 4.78 is 0. The molecule has 2 aliphatic rings. The zero-order valence-corrected chi connectivity index (χ0v) is 24.1. The van der Waals surface area contributed by atoms with Crippen molar-refractivity contribution in [3.8, 4) is 11.3 Å². The third-order valence-electron chi connectivity index (χ3n) is 8.26. The predicted octanol–water partition coefficient (Wildman–Crippen LogP) is 6.98. The summed E-state index contributed by atoms with van der Waals surface area (Å²) in [6.07, 6.45) is 4.99. The second-order valence-electron chi connectivity index (χ2n) is 11.8. The largest absolute Gasteiger partial charge is 0.392 e. The van der Waals surface area contributed by atoms with E-state index in [1.54, 1.807) is 0 Å². The van der Waals surface area contributed by atoms with Gasteiger partial charge in [-0.1, -0.05) is 58.4 Å². The van der Waals surface area contributed by atoms with Gasteiger partial charge in [0.25, 0.3) is 0 Å². The average Bonchev–Trinajstić information content (AvgIpc) is 2.92. The van der Waals surface area contributed by atoms with Crippen LogP contribution in [-0.2, 0) is 20.1 Å². The third kappa shape index (κ3) is 6.23. The SMILES string of the molecule is CC1(C)CCCC2CCC(C)(C)C(O)C2C1O.Cc1ccc2ccc(-c3[c-]cccc3)nc2c1.[Ir]. The second kappa shape index (κ2) is 11.2. The fourth-order valence-corrected chi connectivity index (χ4v) is 5.86. The van der Waals surface area contributed by atoms with E-state index in [-0.39, 0.29) is 49.1 Å². The molecular weight excluding hydrogens is 611 g/mol. The molecule has 3 nitrogen and oxygen atoms in total. The molecule has 0 aliphatic heterocycles. The van der Waals surface area contributed by atoms with Gasteiger partial charge in [-0.15, -0.1) is 35.9 Å². The number of aromatic nitrogens is 1. The predicted molar refractivity (Wildman–Crippen MR) is 140 cm³/mol. The Labute approximate surface area is 224 Å². The quantitative estimate of drug-likeness (QED) is 0.280. The van der Waals surface area contributed by atoms with Gasteiger partial charge in [0.15, 0.2) is 0 Å². The van der Waals surface area contributed by atoms with Crippen molar-refractivity contribution in [2.45, 2.75) is 78.9 Å². The number of aliphatic hydroxyl groups excluding tert-OH is 2. The molecule has 5 rings (SSSR count). The van der Waals surface area contributed by atoms with E-state index in [0.29, 0.717) is 5.92 Å². The van der Waals surface area contributed by atoms with Gasteiger partial charge in [0, 0.05) is 26.0 Å². The van der Waals surface area contributed by atoms with Crippen molar-refractivity contribution >= 4 is 10.9 Å². The molecule has 191 valence electrons. The van der Waals surface area contributed by atoms with Crippen LogP contribution < -0.4 is 0 Å². The van der Waals surface area contributed by atoms with Gasteiger partial charge in [-0.3, -0.25) is 4.98 Å². The van der Waals surface area contributed by atoms with Crippen LogP contribution in [0.2, 0.25) is 0 Å². The Hall–Kier alpha value is -1.58. The molecule has 4 atom stereocenters. The molecule has 35 heavy (non-hydrogen) atoms. The molecule has 0 bridgehead atoms. The first-order valence-electron chi connectivity index (χ1n) is 12.8. The van der Waals surface area contributed by atoms with Gasteiger partial charge in [-0.2, -0.15) is 0 Å². The van der Waals surface area contributed by atoms with Crippen LogP contribution >= 0.6 is 0 Å². The number of aliphatic hydroxyl groups is 2. The summed E-state index contributed by atoms with van der Waals surface area (Å²) in [5.74, 6) is 0.603. The van der Waals surface area contributed by atoms with E-state index >= 15 is 0 Å². The normalized spacial score (nSPS) is 26.9. The fourth-order valence-electron chi connectivity index (χ4n) is 5.86. The molecule has 2 N–H and O–H groups in total. The molecular formula is C31H40IrNO2-. The molecule has 0 spiro atoms. The van der Waals surface area contributed by atoms with Gasteiger partial charge in [-0.05, 0) is 72.1 Å². The summed E-state index contributed by atoms with van der Waals surface area (Å²) in [7, 11) is 0. The van der Waals surface area contributed by atoms with E-state index in [0.717, 1.165) is 29.6 Å². The number of benzene rings is 2. The third-order valence-corrected chi connectivity index (χ3v) is 8.26. The van der Waals surface area contributed by atoms with Crippen molar-refractivity contribution in [2.75, 3.05) is 0 Å².